The van der Waals surface area contributed by atoms with Crippen LogP contribution in [0.5, 0.6) is 0 Å². The minimum Gasteiger partial charge on any atom is -0.444 e. The van der Waals surface area contributed by atoms with E-state index in [1.54, 1.807) is 4.90 Å². The molecule has 5 nitrogen and oxygen atoms in total. The van der Waals surface area contributed by atoms with Gasteiger partial charge in [0.2, 0.25) is 0 Å². The Balaban J connectivity index is 2.21. The SMILES string of the molecule is C=CCN(C)CCCOC1CCC(N(C)C(=O)OC(C)(C)C)CC1. The molecule has 0 aromatic rings. The fourth-order valence-corrected chi connectivity index (χ4v) is 2.98. The van der Waals surface area contributed by atoms with Gasteiger partial charge in [0.25, 0.3) is 0 Å². The van der Waals surface area contributed by atoms with Crippen LogP contribution in [-0.2, 0) is 9.47 Å². The quantitative estimate of drug-likeness (QED) is 0.499. The molecule has 1 aliphatic rings. The zero-order valence-electron chi connectivity index (χ0n) is 16.2. The van der Waals surface area contributed by atoms with Crippen molar-refractivity contribution in [3.05, 3.63) is 12.7 Å². The molecule has 0 aliphatic heterocycles. The van der Waals surface area contributed by atoms with Gasteiger partial charge in [-0.1, -0.05) is 6.08 Å². The molecule has 0 saturated heterocycles. The average Bonchev–Trinajstić information content (AvgIpc) is 2.50. The minimum atomic E-state index is -0.440. The summed E-state index contributed by atoms with van der Waals surface area (Å²) in [6, 6.07) is 0.262. The molecule has 0 atom stereocenters. The third-order valence-electron chi connectivity index (χ3n) is 4.35. The predicted octanol–water partition coefficient (Wildman–Crippen LogP) is 3.69. The van der Waals surface area contributed by atoms with Crippen LogP contribution in [0.1, 0.15) is 52.9 Å². The predicted molar refractivity (Wildman–Crippen MR) is 98.3 cm³/mol. The van der Waals surface area contributed by atoms with Crippen molar-refractivity contribution in [2.45, 2.75) is 70.6 Å². The van der Waals surface area contributed by atoms with Gasteiger partial charge in [-0.15, -0.1) is 6.58 Å². The number of rotatable bonds is 8. The molecule has 5 heteroatoms. The Morgan fingerprint density at radius 2 is 1.83 bits per heavy atom. The van der Waals surface area contributed by atoms with E-state index < -0.39 is 5.60 Å². The number of amides is 1. The third kappa shape index (κ3) is 8.15. The van der Waals surface area contributed by atoms with Gasteiger partial charge in [0.15, 0.2) is 0 Å². The Morgan fingerprint density at radius 3 is 2.38 bits per heavy atom. The van der Waals surface area contributed by atoms with Gasteiger partial charge in [-0.2, -0.15) is 0 Å². The normalized spacial score (nSPS) is 21.6. The van der Waals surface area contributed by atoms with Crippen molar-refractivity contribution in [3.8, 4) is 0 Å². The number of carbonyl (C=O) groups is 1. The summed E-state index contributed by atoms with van der Waals surface area (Å²) in [7, 11) is 3.94. The van der Waals surface area contributed by atoms with Crippen molar-refractivity contribution < 1.29 is 14.3 Å². The van der Waals surface area contributed by atoms with E-state index in [0.29, 0.717) is 6.10 Å². The highest BCUT2D eigenvalue weighted by Gasteiger charge is 2.29. The summed E-state index contributed by atoms with van der Waals surface area (Å²) in [5.41, 5.74) is -0.440. The van der Waals surface area contributed by atoms with Gasteiger partial charge in [0.1, 0.15) is 5.60 Å². The average molecular weight is 341 g/mol. The van der Waals surface area contributed by atoms with Crippen LogP contribution in [0.15, 0.2) is 12.7 Å². The zero-order valence-corrected chi connectivity index (χ0v) is 16.2. The van der Waals surface area contributed by atoms with Crippen molar-refractivity contribution in [2.75, 3.05) is 33.8 Å². The Bertz CT molecular complexity index is 385. The highest BCUT2D eigenvalue weighted by atomic mass is 16.6. The number of ether oxygens (including phenoxy) is 2. The molecular weight excluding hydrogens is 304 g/mol. The zero-order chi connectivity index (χ0) is 18.2. The van der Waals surface area contributed by atoms with E-state index in [-0.39, 0.29) is 12.1 Å². The monoisotopic (exact) mass is 340 g/mol. The van der Waals surface area contributed by atoms with Crippen LogP contribution in [0.2, 0.25) is 0 Å². The summed E-state index contributed by atoms with van der Waals surface area (Å²) in [4.78, 5) is 16.1. The fourth-order valence-electron chi connectivity index (χ4n) is 2.98. The first-order valence-electron chi connectivity index (χ1n) is 9.09. The van der Waals surface area contributed by atoms with E-state index in [9.17, 15) is 4.79 Å². The maximum atomic E-state index is 12.1. The Kier molecular flexibility index (Phi) is 8.78. The summed E-state index contributed by atoms with van der Waals surface area (Å²) in [5, 5.41) is 0. The Hall–Kier alpha value is -1.07. The van der Waals surface area contributed by atoms with Gasteiger partial charge in [-0.05, 0) is 59.9 Å². The Morgan fingerprint density at radius 1 is 1.21 bits per heavy atom. The maximum absolute atomic E-state index is 12.1. The summed E-state index contributed by atoms with van der Waals surface area (Å²) in [6.45, 7) is 12.2. The molecule has 1 aliphatic carbocycles. The molecule has 1 rings (SSSR count). The lowest BCUT2D eigenvalue weighted by atomic mass is 9.92. The molecule has 0 aromatic carbocycles. The van der Waals surface area contributed by atoms with Crippen molar-refractivity contribution in [1.82, 2.24) is 9.80 Å². The third-order valence-corrected chi connectivity index (χ3v) is 4.35. The molecule has 0 unspecified atom stereocenters. The molecule has 0 bridgehead atoms. The van der Waals surface area contributed by atoms with Crippen molar-refractivity contribution in [2.24, 2.45) is 0 Å². The molecular formula is C19H36N2O3. The minimum absolute atomic E-state index is 0.225. The first-order chi connectivity index (χ1) is 11.2. The number of carbonyl (C=O) groups excluding carboxylic acids is 1. The molecule has 1 saturated carbocycles. The standard InChI is InChI=1S/C19H36N2O3/c1-7-13-20(5)14-8-15-23-17-11-9-16(10-12-17)21(6)18(22)24-19(2,3)4/h7,16-17H,1,8-15H2,2-6H3. The summed E-state index contributed by atoms with van der Waals surface area (Å²) in [5.74, 6) is 0. The van der Waals surface area contributed by atoms with Crippen LogP contribution < -0.4 is 0 Å². The van der Waals surface area contributed by atoms with E-state index in [4.69, 9.17) is 9.47 Å². The van der Waals surface area contributed by atoms with Crippen molar-refractivity contribution in [3.63, 3.8) is 0 Å². The molecule has 0 spiro atoms. The molecule has 0 aromatic heterocycles. The lowest BCUT2D eigenvalue weighted by molar-refractivity contribution is -0.00639. The van der Waals surface area contributed by atoms with E-state index >= 15 is 0 Å². The van der Waals surface area contributed by atoms with Crippen LogP contribution in [0.4, 0.5) is 4.79 Å². The van der Waals surface area contributed by atoms with Crippen LogP contribution >= 0.6 is 0 Å². The van der Waals surface area contributed by atoms with Gasteiger partial charge in [0.05, 0.1) is 6.10 Å². The number of nitrogens with zero attached hydrogens (tertiary/aromatic N) is 2. The molecule has 1 amide bonds. The highest BCUT2D eigenvalue weighted by Crippen LogP contribution is 2.25. The fraction of sp³-hybridized carbons (Fsp3) is 0.842. The highest BCUT2D eigenvalue weighted by molar-refractivity contribution is 5.68. The van der Waals surface area contributed by atoms with Crippen LogP contribution in [-0.4, -0.2) is 67.4 Å². The lowest BCUT2D eigenvalue weighted by Gasteiger charge is -2.35. The summed E-state index contributed by atoms with van der Waals surface area (Å²) >= 11 is 0. The maximum Gasteiger partial charge on any atom is 0.410 e. The van der Waals surface area contributed by atoms with Crippen LogP contribution in [0.25, 0.3) is 0 Å². The van der Waals surface area contributed by atoms with Crippen molar-refractivity contribution >= 4 is 6.09 Å². The number of hydrogen-bond donors (Lipinski definition) is 0. The molecule has 140 valence electrons. The second-order valence-electron chi connectivity index (χ2n) is 7.80. The smallest absolute Gasteiger partial charge is 0.410 e. The second kappa shape index (κ2) is 10.0. The first-order valence-corrected chi connectivity index (χ1v) is 9.09. The second-order valence-corrected chi connectivity index (χ2v) is 7.80. The van der Waals surface area contributed by atoms with Crippen LogP contribution in [0, 0.1) is 0 Å². The topological polar surface area (TPSA) is 42.0 Å². The molecule has 0 heterocycles. The molecule has 0 N–H and O–H groups in total. The molecule has 0 radical (unpaired) electrons. The number of hydrogen-bond acceptors (Lipinski definition) is 4. The number of likely N-dealkylation sites (N-methyl/N-ethyl adjacent to an activating group) is 1. The summed E-state index contributed by atoms with van der Waals surface area (Å²) < 4.78 is 11.4. The van der Waals surface area contributed by atoms with E-state index in [1.807, 2.05) is 33.9 Å². The first kappa shape index (κ1) is 21.0. The lowest BCUT2D eigenvalue weighted by Crippen LogP contribution is -2.43. The van der Waals surface area contributed by atoms with Crippen LogP contribution in [0.3, 0.4) is 0 Å². The van der Waals surface area contributed by atoms with Gasteiger partial charge < -0.3 is 19.3 Å². The van der Waals surface area contributed by atoms with Gasteiger partial charge >= 0.3 is 6.09 Å². The van der Waals surface area contributed by atoms with E-state index in [2.05, 4.69) is 18.5 Å². The molecule has 1 fully saturated rings. The van der Waals surface area contributed by atoms with Gasteiger partial charge in [0, 0.05) is 32.8 Å². The van der Waals surface area contributed by atoms with Gasteiger partial charge in [-0.3, -0.25) is 0 Å². The largest absolute Gasteiger partial charge is 0.444 e. The van der Waals surface area contributed by atoms with Gasteiger partial charge in [-0.25, -0.2) is 4.79 Å². The van der Waals surface area contributed by atoms with Crippen molar-refractivity contribution in [1.29, 1.82) is 0 Å². The van der Waals surface area contributed by atoms with E-state index in [1.165, 1.54) is 0 Å². The Labute approximate surface area is 148 Å². The molecule has 24 heavy (non-hydrogen) atoms. The summed E-state index contributed by atoms with van der Waals surface area (Å²) in [6.07, 6.45) is 7.06. The van der Waals surface area contributed by atoms with E-state index in [0.717, 1.165) is 51.8 Å².